The van der Waals surface area contributed by atoms with Gasteiger partial charge in [0.15, 0.2) is 0 Å². The highest BCUT2D eigenvalue weighted by Gasteiger charge is 2.16. The molecule has 1 aromatic heterocycles. The van der Waals surface area contributed by atoms with Crippen LogP contribution in [-0.4, -0.2) is 46.3 Å². The summed E-state index contributed by atoms with van der Waals surface area (Å²) in [5, 5.41) is 7.24. The Morgan fingerprint density at radius 3 is 2.59 bits per heavy atom. The number of rotatable bonds is 9. The number of likely N-dealkylation sites (N-methyl/N-ethyl adjacent to an activating group) is 1. The lowest BCUT2D eigenvalue weighted by atomic mass is 10.2. The molecule has 1 aromatic carbocycles. The predicted molar refractivity (Wildman–Crippen MR) is 107 cm³/mol. The second-order valence-corrected chi connectivity index (χ2v) is 7.02. The van der Waals surface area contributed by atoms with E-state index >= 15 is 0 Å². The van der Waals surface area contributed by atoms with Gasteiger partial charge in [0.25, 0.3) is 5.91 Å². The zero-order valence-corrected chi connectivity index (χ0v) is 16.4. The summed E-state index contributed by atoms with van der Waals surface area (Å²) in [6.45, 7) is 8.13. The molecule has 0 radical (unpaired) electrons. The van der Waals surface area contributed by atoms with Crippen molar-refractivity contribution in [2.45, 2.75) is 52.2 Å². The molecule has 1 saturated carbocycles. The Morgan fingerprint density at radius 2 is 1.93 bits per heavy atom. The van der Waals surface area contributed by atoms with Gasteiger partial charge in [-0.1, -0.05) is 13.8 Å². The van der Waals surface area contributed by atoms with Crippen molar-refractivity contribution in [3.63, 3.8) is 0 Å². The number of carbonyl (C=O) groups excluding carboxylic acids is 1. The third-order valence-corrected chi connectivity index (χ3v) is 5.15. The topological polar surface area (TPSA) is 59.4 Å². The molecule has 6 heteroatoms. The van der Waals surface area contributed by atoms with Crippen LogP contribution in [0.4, 0.5) is 5.69 Å². The van der Waals surface area contributed by atoms with E-state index < -0.39 is 0 Å². The summed E-state index contributed by atoms with van der Waals surface area (Å²) >= 11 is 0. The minimum atomic E-state index is -0.134. The van der Waals surface area contributed by atoms with Crippen LogP contribution in [0.2, 0.25) is 0 Å². The Morgan fingerprint density at radius 1 is 1.22 bits per heavy atom. The van der Waals surface area contributed by atoms with Gasteiger partial charge in [-0.25, -0.2) is 0 Å². The molecule has 1 heterocycles. The first-order valence-corrected chi connectivity index (χ1v) is 10.0. The monoisotopic (exact) mass is 370 g/mol. The molecule has 0 saturated heterocycles. The highest BCUT2D eigenvalue weighted by molar-refractivity contribution is 6.04. The summed E-state index contributed by atoms with van der Waals surface area (Å²) in [5.74, 6) is 0.702. The molecule has 0 unspecified atom stereocenters. The number of carbonyl (C=O) groups is 1. The molecule has 1 aliphatic rings. The molecule has 0 atom stereocenters. The van der Waals surface area contributed by atoms with E-state index in [2.05, 4.69) is 29.2 Å². The molecular formula is C21H30N4O2. The fraction of sp³-hybridized carbons (Fsp3) is 0.524. The molecule has 0 bridgehead atoms. The summed E-state index contributed by atoms with van der Waals surface area (Å²) < 4.78 is 7.81. The number of hydrogen-bond acceptors (Lipinski definition) is 4. The van der Waals surface area contributed by atoms with Crippen LogP contribution in [0.25, 0.3) is 0 Å². The van der Waals surface area contributed by atoms with Gasteiger partial charge in [-0.2, -0.15) is 5.10 Å². The fourth-order valence-electron chi connectivity index (χ4n) is 3.42. The molecule has 0 aliphatic heterocycles. The maximum absolute atomic E-state index is 12.4. The number of amides is 1. The van der Waals surface area contributed by atoms with Gasteiger partial charge in [0.2, 0.25) is 0 Å². The van der Waals surface area contributed by atoms with Crippen molar-refractivity contribution in [3.05, 3.63) is 42.2 Å². The number of anilines is 1. The van der Waals surface area contributed by atoms with Crippen molar-refractivity contribution in [1.29, 1.82) is 0 Å². The van der Waals surface area contributed by atoms with Gasteiger partial charge in [0.05, 0.1) is 24.5 Å². The number of benzene rings is 1. The van der Waals surface area contributed by atoms with Crippen molar-refractivity contribution in [1.82, 2.24) is 14.7 Å². The molecular weight excluding hydrogens is 340 g/mol. The van der Waals surface area contributed by atoms with Crippen molar-refractivity contribution in [3.8, 4) is 5.75 Å². The van der Waals surface area contributed by atoms with Gasteiger partial charge in [-0.15, -0.1) is 0 Å². The highest BCUT2D eigenvalue weighted by Crippen LogP contribution is 2.24. The van der Waals surface area contributed by atoms with Gasteiger partial charge in [0, 0.05) is 18.3 Å². The Kier molecular flexibility index (Phi) is 6.87. The molecule has 2 aromatic rings. The van der Waals surface area contributed by atoms with E-state index in [-0.39, 0.29) is 5.91 Å². The van der Waals surface area contributed by atoms with Crippen molar-refractivity contribution >= 4 is 11.6 Å². The van der Waals surface area contributed by atoms with Crippen LogP contribution in [0.1, 0.15) is 49.9 Å². The Hall–Kier alpha value is -2.34. The van der Waals surface area contributed by atoms with E-state index in [1.165, 1.54) is 12.8 Å². The lowest BCUT2D eigenvalue weighted by molar-refractivity contribution is 0.102. The maximum Gasteiger partial charge on any atom is 0.255 e. The van der Waals surface area contributed by atoms with Crippen LogP contribution >= 0.6 is 0 Å². The quantitative estimate of drug-likeness (QED) is 0.729. The summed E-state index contributed by atoms with van der Waals surface area (Å²) in [4.78, 5) is 14.8. The van der Waals surface area contributed by atoms with E-state index in [9.17, 15) is 4.79 Å². The van der Waals surface area contributed by atoms with E-state index in [1.54, 1.807) is 6.20 Å². The normalized spacial score (nSPS) is 14.6. The second kappa shape index (κ2) is 9.55. The number of hydrogen-bond donors (Lipinski definition) is 1. The third-order valence-electron chi connectivity index (χ3n) is 5.15. The maximum atomic E-state index is 12.4. The molecule has 1 N–H and O–H groups in total. The van der Waals surface area contributed by atoms with Gasteiger partial charge >= 0.3 is 0 Å². The zero-order valence-electron chi connectivity index (χ0n) is 16.4. The number of ether oxygens (including phenoxy) is 1. The lowest BCUT2D eigenvalue weighted by Crippen LogP contribution is -2.27. The second-order valence-electron chi connectivity index (χ2n) is 7.02. The van der Waals surface area contributed by atoms with Gasteiger partial charge in [-0.3, -0.25) is 9.48 Å². The first-order chi connectivity index (χ1) is 13.2. The molecule has 0 spiro atoms. The Labute approximate surface area is 161 Å². The van der Waals surface area contributed by atoms with Crippen LogP contribution < -0.4 is 10.1 Å². The number of nitrogens with zero attached hydrogens (tertiary/aromatic N) is 3. The Balaban J connectivity index is 1.51. The van der Waals surface area contributed by atoms with Gasteiger partial charge in [0.1, 0.15) is 5.75 Å². The van der Waals surface area contributed by atoms with E-state index in [4.69, 9.17) is 4.74 Å². The van der Waals surface area contributed by atoms with Crippen LogP contribution in [-0.2, 0) is 6.54 Å². The summed E-state index contributed by atoms with van der Waals surface area (Å²) in [7, 11) is 0. The van der Waals surface area contributed by atoms with E-state index in [0.29, 0.717) is 17.4 Å². The minimum Gasteiger partial charge on any atom is -0.490 e. The van der Waals surface area contributed by atoms with Crippen LogP contribution in [0, 0.1) is 0 Å². The SMILES string of the molecule is CCN(CC)CCn1cc(NC(=O)c2ccc(OC3CCCC3)cc2)cn1. The standard InChI is InChI=1S/C21H30N4O2/c1-3-24(4-2)13-14-25-16-18(15-22-25)23-21(26)17-9-11-20(12-10-17)27-19-7-5-6-8-19/h9-12,15-16,19H,3-8,13-14H2,1-2H3,(H,23,26). The fourth-order valence-corrected chi connectivity index (χ4v) is 3.42. The average Bonchev–Trinajstić information content (AvgIpc) is 3.35. The Bertz CT molecular complexity index is 716. The third kappa shape index (κ3) is 5.57. The van der Waals surface area contributed by atoms with Gasteiger partial charge < -0.3 is 15.0 Å². The number of aromatic nitrogens is 2. The van der Waals surface area contributed by atoms with Crippen LogP contribution in [0.3, 0.4) is 0 Å². The average molecular weight is 370 g/mol. The van der Waals surface area contributed by atoms with E-state index in [1.807, 2.05) is 35.1 Å². The summed E-state index contributed by atoms with van der Waals surface area (Å²) in [6, 6.07) is 7.37. The largest absolute Gasteiger partial charge is 0.490 e. The molecule has 1 fully saturated rings. The predicted octanol–water partition coefficient (Wildman–Crippen LogP) is 3.80. The van der Waals surface area contributed by atoms with Crippen LogP contribution in [0.15, 0.2) is 36.7 Å². The van der Waals surface area contributed by atoms with E-state index in [0.717, 1.165) is 44.8 Å². The minimum absolute atomic E-state index is 0.134. The van der Waals surface area contributed by atoms with Gasteiger partial charge in [-0.05, 0) is 63.0 Å². The molecule has 6 nitrogen and oxygen atoms in total. The van der Waals surface area contributed by atoms with Crippen LogP contribution in [0.5, 0.6) is 5.75 Å². The van der Waals surface area contributed by atoms with Crippen molar-refractivity contribution < 1.29 is 9.53 Å². The zero-order chi connectivity index (χ0) is 19.1. The number of nitrogens with one attached hydrogen (secondary N) is 1. The first kappa shape index (κ1) is 19.4. The summed E-state index contributed by atoms with van der Waals surface area (Å²) in [5.41, 5.74) is 1.33. The first-order valence-electron chi connectivity index (χ1n) is 10.0. The smallest absolute Gasteiger partial charge is 0.255 e. The molecule has 1 aliphatic carbocycles. The molecule has 3 rings (SSSR count). The van der Waals surface area contributed by atoms with Crippen molar-refractivity contribution in [2.24, 2.45) is 0 Å². The molecule has 146 valence electrons. The highest BCUT2D eigenvalue weighted by atomic mass is 16.5. The lowest BCUT2D eigenvalue weighted by Gasteiger charge is -2.17. The van der Waals surface area contributed by atoms with Crippen molar-refractivity contribution in [2.75, 3.05) is 25.0 Å². The molecule has 27 heavy (non-hydrogen) atoms. The molecule has 1 amide bonds. The summed E-state index contributed by atoms with van der Waals surface area (Å²) in [6.07, 6.45) is 8.63.